The predicted molar refractivity (Wildman–Crippen MR) is 70.8 cm³/mol. The number of aromatic nitrogens is 3. The van der Waals surface area contributed by atoms with Crippen LogP contribution in [-0.4, -0.2) is 14.8 Å². The zero-order valence-corrected chi connectivity index (χ0v) is 10.3. The number of hydrogen-bond acceptors (Lipinski definition) is 5. The number of fused-ring (bicyclic) bond motifs is 1. The molecule has 19 heavy (non-hydrogen) atoms. The van der Waals surface area contributed by atoms with E-state index < -0.39 is 0 Å². The Morgan fingerprint density at radius 3 is 3.00 bits per heavy atom. The molecule has 0 amide bonds. The molecule has 0 saturated carbocycles. The van der Waals surface area contributed by atoms with E-state index in [-0.39, 0.29) is 12.1 Å². The fourth-order valence-corrected chi connectivity index (χ4v) is 1.85. The topological polar surface area (TPSA) is 86.9 Å². The fraction of sp³-hybridized carbons (Fsp3) is 0.154. The molecule has 0 aliphatic carbocycles. The molecule has 0 radical (unpaired) electrons. The van der Waals surface area contributed by atoms with Gasteiger partial charge in [0.2, 0.25) is 5.89 Å². The first kappa shape index (κ1) is 11.5. The van der Waals surface area contributed by atoms with Gasteiger partial charge in [-0.2, -0.15) is 5.10 Å². The summed E-state index contributed by atoms with van der Waals surface area (Å²) in [4.78, 5) is 16.0. The molecule has 6 heteroatoms. The lowest BCUT2D eigenvalue weighted by atomic mass is 10.3. The Kier molecular flexibility index (Phi) is 2.56. The molecule has 0 aliphatic rings. The van der Waals surface area contributed by atoms with Gasteiger partial charge in [-0.25, -0.2) is 9.67 Å². The molecule has 0 saturated heterocycles. The number of oxazole rings is 1. The number of para-hydroxylation sites is 1. The first-order valence-corrected chi connectivity index (χ1v) is 5.81. The lowest BCUT2D eigenvalue weighted by Gasteiger charge is -2.00. The summed E-state index contributed by atoms with van der Waals surface area (Å²) in [5, 5.41) is 4.04. The van der Waals surface area contributed by atoms with Crippen molar-refractivity contribution in [3.63, 3.8) is 0 Å². The van der Waals surface area contributed by atoms with Gasteiger partial charge >= 0.3 is 0 Å². The predicted octanol–water partition coefficient (Wildman–Crippen LogP) is 1.32. The third-order valence-corrected chi connectivity index (χ3v) is 2.79. The maximum atomic E-state index is 11.7. The molecular weight excluding hydrogens is 244 g/mol. The summed E-state index contributed by atoms with van der Waals surface area (Å²) < 4.78 is 6.85. The number of benzene rings is 1. The lowest BCUT2D eigenvalue weighted by molar-refractivity contribution is 0.480. The van der Waals surface area contributed by atoms with Crippen LogP contribution in [0.25, 0.3) is 11.1 Å². The molecule has 3 rings (SSSR count). The summed E-state index contributed by atoms with van der Waals surface area (Å²) in [6, 6.07) is 6.85. The molecule has 6 nitrogen and oxygen atoms in total. The fourth-order valence-electron chi connectivity index (χ4n) is 1.85. The van der Waals surface area contributed by atoms with E-state index in [4.69, 9.17) is 10.2 Å². The van der Waals surface area contributed by atoms with E-state index in [1.807, 2.05) is 6.92 Å². The molecule has 2 N–H and O–H groups in total. The van der Waals surface area contributed by atoms with Crippen LogP contribution < -0.4 is 11.3 Å². The zero-order chi connectivity index (χ0) is 13.4. The van der Waals surface area contributed by atoms with E-state index in [9.17, 15) is 4.79 Å². The molecule has 0 atom stereocenters. The number of nitrogens with zero attached hydrogens (tertiary/aromatic N) is 3. The van der Waals surface area contributed by atoms with Gasteiger partial charge in [0.15, 0.2) is 5.58 Å². The molecule has 3 aromatic rings. The molecule has 0 unspecified atom stereocenters. The van der Waals surface area contributed by atoms with Gasteiger partial charge in [0.1, 0.15) is 12.1 Å². The molecule has 0 fully saturated rings. The largest absolute Gasteiger partial charge is 0.439 e. The first-order chi connectivity index (χ1) is 9.13. The minimum Gasteiger partial charge on any atom is -0.439 e. The van der Waals surface area contributed by atoms with Crippen LogP contribution in [-0.2, 0) is 6.54 Å². The highest BCUT2D eigenvalue weighted by atomic mass is 16.3. The highest BCUT2D eigenvalue weighted by Crippen LogP contribution is 2.21. The van der Waals surface area contributed by atoms with Crippen molar-refractivity contribution in [2.75, 3.05) is 5.73 Å². The minimum atomic E-state index is -0.185. The standard InChI is InChI=1S/C13H12N4O2/c1-8-5-12(18)17(15-6-8)7-11-16-13-9(14)3-2-4-10(13)19-11/h2-6H,7,14H2,1H3. The lowest BCUT2D eigenvalue weighted by Crippen LogP contribution is -2.22. The number of anilines is 1. The van der Waals surface area contributed by atoms with E-state index in [1.54, 1.807) is 24.4 Å². The SMILES string of the molecule is Cc1cnn(Cc2nc3c(N)cccc3o2)c(=O)c1. The summed E-state index contributed by atoms with van der Waals surface area (Å²) in [5.74, 6) is 0.409. The zero-order valence-electron chi connectivity index (χ0n) is 10.3. The summed E-state index contributed by atoms with van der Waals surface area (Å²) >= 11 is 0. The van der Waals surface area contributed by atoms with Crippen LogP contribution in [0.3, 0.4) is 0 Å². The molecule has 96 valence electrons. The van der Waals surface area contributed by atoms with Gasteiger partial charge in [0.05, 0.1) is 11.9 Å². The third-order valence-electron chi connectivity index (χ3n) is 2.79. The Labute approximate surface area is 108 Å². The second-order valence-electron chi connectivity index (χ2n) is 4.33. The van der Waals surface area contributed by atoms with Crippen LogP contribution in [0.5, 0.6) is 0 Å². The number of hydrogen-bond donors (Lipinski definition) is 1. The van der Waals surface area contributed by atoms with E-state index in [1.165, 1.54) is 10.7 Å². The highest BCUT2D eigenvalue weighted by Gasteiger charge is 2.09. The maximum Gasteiger partial charge on any atom is 0.267 e. The number of nitrogen functional groups attached to an aromatic ring is 1. The van der Waals surface area contributed by atoms with Crippen LogP contribution in [0, 0.1) is 6.92 Å². The average Bonchev–Trinajstić information content (AvgIpc) is 2.77. The summed E-state index contributed by atoms with van der Waals surface area (Å²) in [6.07, 6.45) is 1.62. The van der Waals surface area contributed by atoms with Gasteiger partial charge in [-0.3, -0.25) is 4.79 Å². The molecule has 0 spiro atoms. The second kappa shape index (κ2) is 4.24. The molecule has 2 aromatic heterocycles. The third kappa shape index (κ3) is 2.08. The van der Waals surface area contributed by atoms with Gasteiger partial charge < -0.3 is 10.2 Å². The first-order valence-electron chi connectivity index (χ1n) is 5.81. The molecule has 1 aromatic carbocycles. The van der Waals surface area contributed by atoms with E-state index in [2.05, 4.69) is 10.1 Å². The molecule has 2 heterocycles. The van der Waals surface area contributed by atoms with Crippen molar-refractivity contribution in [1.29, 1.82) is 0 Å². The Balaban J connectivity index is 2.01. The molecule has 0 aliphatic heterocycles. The Morgan fingerprint density at radius 1 is 1.42 bits per heavy atom. The quantitative estimate of drug-likeness (QED) is 0.699. The monoisotopic (exact) mass is 256 g/mol. The van der Waals surface area contributed by atoms with Crippen LogP contribution in [0.1, 0.15) is 11.5 Å². The minimum absolute atomic E-state index is 0.185. The van der Waals surface area contributed by atoms with E-state index in [0.29, 0.717) is 22.7 Å². The van der Waals surface area contributed by atoms with Crippen molar-refractivity contribution < 1.29 is 4.42 Å². The van der Waals surface area contributed by atoms with E-state index in [0.717, 1.165) is 5.56 Å². The van der Waals surface area contributed by atoms with Gasteiger partial charge in [-0.05, 0) is 24.6 Å². The van der Waals surface area contributed by atoms with Gasteiger partial charge in [0.25, 0.3) is 5.56 Å². The Bertz CT molecular complexity index is 804. The Hall–Kier alpha value is -2.63. The number of nitrogens with two attached hydrogens (primary N) is 1. The van der Waals surface area contributed by atoms with Crippen LogP contribution in [0.4, 0.5) is 5.69 Å². The molecule has 0 bridgehead atoms. The normalized spacial score (nSPS) is 11.0. The van der Waals surface area contributed by atoms with Crippen molar-refractivity contribution in [3.8, 4) is 0 Å². The van der Waals surface area contributed by atoms with Crippen molar-refractivity contribution in [1.82, 2.24) is 14.8 Å². The van der Waals surface area contributed by atoms with Gasteiger partial charge in [-0.15, -0.1) is 0 Å². The summed E-state index contributed by atoms with van der Waals surface area (Å²) in [7, 11) is 0. The van der Waals surface area contributed by atoms with Crippen molar-refractivity contribution >= 4 is 16.8 Å². The van der Waals surface area contributed by atoms with Crippen molar-refractivity contribution in [3.05, 3.63) is 52.3 Å². The van der Waals surface area contributed by atoms with Crippen molar-refractivity contribution in [2.24, 2.45) is 0 Å². The molecular formula is C13H12N4O2. The number of rotatable bonds is 2. The summed E-state index contributed by atoms with van der Waals surface area (Å²) in [5.41, 5.74) is 8.21. The smallest absolute Gasteiger partial charge is 0.267 e. The van der Waals surface area contributed by atoms with Crippen molar-refractivity contribution in [2.45, 2.75) is 13.5 Å². The van der Waals surface area contributed by atoms with E-state index >= 15 is 0 Å². The van der Waals surface area contributed by atoms with Crippen LogP contribution in [0.15, 0.2) is 39.7 Å². The second-order valence-corrected chi connectivity index (χ2v) is 4.33. The number of aryl methyl sites for hydroxylation is 1. The summed E-state index contributed by atoms with van der Waals surface area (Å²) in [6.45, 7) is 2.01. The van der Waals surface area contributed by atoms with Gasteiger partial charge in [-0.1, -0.05) is 6.07 Å². The highest BCUT2D eigenvalue weighted by molar-refractivity contribution is 5.85. The average molecular weight is 256 g/mol. The Morgan fingerprint density at radius 2 is 2.26 bits per heavy atom. The van der Waals surface area contributed by atoms with Gasteiger partial charge in [0, 0.05) is 6.07 Å². The van der Waals surface area contributed by atoms with Crippen LogP contribution in [0.2, 0.25) is 0 Å². The maximum absolute atomic E-state index is 11.7. The van der Waals surface area contributed by atoms with Crippen LogP contribution >= 0.6 is 0 Å².